The van der Waals surface area contributed by atoms with Gasteiger partial charge in [0, 0.05) is 20.0 Å². The summed E-state index contributed by atoms with van der Waals surface area (Å²) in [6.07, 6.45) is 4.61. The van der Waals surface area contributed by atoms with Crippen LogP contribution in [0, 0.1) is 12.8 Å². The lowest BCUT2D eigenvalue weighted by atomic mass is 9.92. The van der Waals surface area contributed by atoms with Crippen LogP contribution in [-0.4, -0.2) is 23.9 Å². The van der Waals surface area contributed by atoms with Crippen molar-refractivity contribution < 1.29 is 4.79 Å². The molecule has 69 valence electrons. The molecule has 1 radical (unpaired) electrons. The molecular weight excluding hydrogens is 150 g/mol. The third kappa shape index (κ3) is 2.50. The maximum atomic E-state index is 11.0. The second-order valence-corrected chi connectivity index (χ2v) is 3.59. The Balaban J connectivity index is 2.25. The van der Waals surface area contributed by atoms with Crippen molar-refractivity contribution in [1.82, 2.24) is 4.90 Å². The zero-order chi connectivity index (χ0) is 8.97. The molecule has 1 heterocycles. The van der Waals surface area contributed by atoms with E-state index in [1.165, 1.54) is 19.3 Å². The first-order chi connectivity index (χ1) is 5.74. The van der Waals surface area contributed by atoms with E-state index in [4.69, 9.17) is 0 Å². The van der Waals surface area contributed by atoms with E-state index >= 15 is 0 Å². The van der Waals surface area contributed by atoms with Crippen LogP contribution in [0.2, 0.25) is 0 Å². The zero-order valence-electron chi connectivity index (χ0n) is 7.88. The Hall–Kier alpha value is -0.530. The third-order valence-electron chi connectivity index (χ3n) is 2.67. The van der Waals surface area contributed by atoms with Gasteiger partial charge >= 0.3 is 0 Å². The van der Waals surface area contributed by atoms with E-state index in [1.807, 2.05) is 4.90 Å². The quantitative estimate of drug-likeness (QED) is 0.616. The molecule has 1 saturated heterocycles. The number of carbonyl (C=O) groups is 1. The number of likely N-dealkylation sites (tertiary alicyclic amines) is 1. The van der Waals surface area contributed by atoms with Crippen LogP contribution in [-0.2, 0) is 4.79 Å². The van der Waals surface area contributed by atoms with Crippen molar-refractivity contribution in [1.29, 1.82) is 0 Å². The van der Waals surface area contributed by atoms with Gasteiger partial charge in [0.25, 0.3) is 0 Å². The molecule has 0 bridgehead atoms. The molecule has 1 aliphatic rings. The van der Waals surface area contributed by atoms with Gasteiger partial charge in [-0.1, -0.05) is 19.8 Å². The summed E-state index contributed by atoms with van der Waals surface area (Å²) in [5.41, 5.74) is 0. The number of carbonyl (C=O) groups excluding carboxylic acids is 1. The van der Waals surface area contributed by atoms with Crippen molar-refractivity contribution in [2.45, 2.75) is 32.6 Å². The van der Waals surface area contributed by atoms with E-state index in [0.29, 0.717) is 0 Å². The van der Waals surface area contributed by atoms with Crippen molar-refractivity contribution >= 4 is 5.91 Å². The molecule has 0 unspecified atom stereocenters. The van der Waals surface area contributed by atoms with Gasteiger partial charge in [-0.3, -0.25) is 4.79 Å². The molecule has 0 aliphatic carbocycles. The Morgan fingerprint density at radius 3 is 2.50 bits per heavy atom. The zero-order valence-corrected chi connectivity index (χ0v) is 7.88. The molecule has 0 aromatic rings. The van der Waals surface area contributed by atoms with Crippen LogP contribution in [0.25, 0.3) is 0 Å². The van der Waals surface area contributed by atoms with Crippen molar-refractivity contribution in [3.8, 4) is 0 Å². The van der Waals surface area contributed by atoms with Gasteiger partial charge in [0.15, 0.2) is 0 Å². The van der Waals surface area contributed by atoms with Crippen LogP contribution in [0.15, 0.2) is 0 Å². The van der Waals surface area contributed by atoms with E-state index in [0.717, 1.165) is 25.4 Å². The second-order valence-electron chi connectivity index (χ2n) is 3.59. The highest BCUT2D eigenvalue weighted by Gasteiger charge is 2.19. The van der Waals surface area contributed by atoms with Gasteiger partial charge in [0.1, 0.15) is 0 Å². The average molecular weight is 168 g/mol. The number of amides is 1. The van der Waals surface area contributed by atoms with Gasteiger partial charge in [-0.25, -0.2) is 0 Å². The molecule has 1 fully saturated rings. The summed E-state index contributed by atoms with van der Waals surface area (Å²) in [6.45, 7) is 7.42. The molecule has 0 aromatic carbocycles. The Labute approximate surface area is 74.9 Å². The van der Waals surface area contributed by atoms with E-state index < -0.39 is 0 Å². The van der Waals surface area contributed by atoms with E-state index in [9.17, 15) is 4.79 Å². The van der Waals surface area contributed by atoms with Crippen molar-refractivity contribution in [3.05, 3.63) is 6.92 Å². The van der Waals surface area contributed by atoms with Gasteiger partial charge in [0.05, 0.1) is 0 Å². The Morgan fingerprint density at radius 1 is 1.50 bits per heavy atom. The molecule has 0 spiro atoms. The topological polar surface area (TPSA) is 20.3 Å². The van der Waals surface area contributed by atoms with Gasteiger partial charge in [-0.05, 0) is 18.8 Å². The van der Waals surface area contributed by atoms with Gasteiger partial charge in [-0.2, -0.15) is 0 Å². The fourth-order valence-corrected chi connectivity index (χ4v) is 1.83. The van der Waals surface area contributed by atoms with Gasteiger partial charge < -0.3 is 4.90 Å². The number of piperidine rings is 1. The molecule has 0 aromatic heterocycles. The van der Waals surface area contributed by atoms with Crippen LogP contribution in [0.3, 0.4) is 0 Å². The van der Waals surface area contributed by atoms with Crippen LogP contribution in [0.5, 0.6) is 0 Å². The van der Waals surface area contributed by atoms with Crippen LogP contribution in [0.1, 0.15) is 32.6 Å². The summed E-state index contributed by atoms with van der Waals surface area (Å²) in [7, 11) is 0. The Kier molecular flexibility index (Phi) is 3.57. The summed E-state index contributed by atoms with van der Waals surface area (Å²) in [5.74, 6) is 1.04. The highest BCUT2D eigenvalue weighted by atomic mass is 16.2. The smallest absolute Gasteiger partial charge is 0.219 e. The summed E-state index contributed by atoms with van der Waals surface area (Å²) in [6, 6.07) is 0. The number of hydrogen-bond acceptors (Lipinski definition) is 1. The lowest BCUT2D eigenvalue weighted by molar-refractivity contribution is -0.130. The van der Waals surface area contributed by atoms with E-state index in [2.05, 4.69) is 6.92 Å². The average Bonchev–Trinajstić information content (AvgIpc) is 2.06. The van der Waals surface area contributed by atoms with E-state index in [1.54, 1.807) is 6.92 Å². The minimum atomic E-state index is 0.225. The molecule has 1 amide bonds. The largest absolute Gasteiger partial charge is 0.343 e. The van der Waals surface area contributed by atoms with E-state index in [-0.39, 0.29) is 5.91 Å². The molecule has 2 nitrogen and oxygen atoms in total. The Morgan fingerprint density at radius 2 is 2.08 bits per heavy atom. The standard InChI is InChI=1S/C10H18NO/c1-3-4-10-5-7-11(8-6-10)9(2)12/h10H,1,3-8H2,2H3. The molecule has 0 saturated carbocycles. The normalized spacial score (nSPS) is 19.7. The summed E-state index contributed by atoms with van der Waals surface area (Å²) >= 11 is 0. The summed E-state index contributed by atoms with van der Waals surface area (Å²) < 4.78 is 0. The molecular formula is C10H18NO. The molecule has 0 N–H and O–H groups in total. The monoisotopic (exact) mass is 168 g/mol. The molecule has 12 heavy (non-hydrogen) atoms. The van der Waals surface area contributed by atoms with Crippen molar-refractivity contribution in [2.75, 3.05) is 13.1 Å². The van der Waals surface area contributed by atoms with Crippen LogP contribution >= 0.6 is 0 Å². The summed E-state index contributed by atoms with van der Waals surface area (Å²) in [4.78, 5) is 12.9. The number of nitrogens with zero attached hydrogens (tertiary/aromatic N) is 1. The highest BCUT2D eigenvalue weighted by molar-refractivity contribution is 5.73. The third-order valence-corrected chi connectivity index (χ3v) is 2.67. The number of hydrogen-bond donors (Lipinski definition) is 0. The molecule has 0 atom stereocenters. The summed E-state index contributed by atoms with van der Waals surface area (Å²) in [5, 5.41) is 0. The molecule has 1 aliphatic heterocycles. The fourth-order valence-electron chi connectivity index (χ4n) is 1.83. The first-order valence-electron chi connectivity index (χ1n) is 4.78. The maximum Gasteiger partial charge on any atom is 0.219 e. The minimum Gasteiger partial charge on any atom is -0.343 e. The highest BCUT2D eigenvalue weighted by Crippen LogP contribution is 2.21. The first kappa shape index (κ1) is 9.56. The first-order valence-corrected chi connectivity index (χ1v) is 4.78. The SMILES string of the molecule is [CH2]CCC1CCN(C(C)=O)CC1. The van der Waals surface area contributed by atoms with Gasteiger partial charge in [0.2, 0.25) is 5.91 Å². The lowest BCUT2D eigenvalue weighted by Gasteiger charge is -2.31. The predicted molar refractivity (Wildman–Crippen MR) is 49.6 cm³/mol. The predicted octanol–water partition coefficient (Wildman–Crippen LogP) is 1.86. The van der Waals surface area contributed by atoms with Crippen LogP contribution in [0.4, 0.5) is 0 Å². The van der Waals surface area contributed by atoms with Crippen LogP contribution < -0.4 is 0 Å². The van der Waals surface area contributed by atoms with Crippen molar-refractivity contribution in [3.63, 3.8) is 0 Å². The lowest BCUT2D eigenvalue weighted by Crippen LogP contribution is -2.36. The number of rotatable bonds is 2. The molecule has 1 rings (SSSR count). The fraction of sp³-hybridized carbons (Fsp3) is 0.800. The Bertz CT molecular complexity index is 148. The second kappa shape index (κ2) is 4.48. The molecule has 2 heteroatoms. The van der Waals surface area contributed by atoms with Crippen molar-refractivity contribution in [2.24, 2.45) is 5.92 Å². The maximum absolute atomic E-state index is 11.0. The minimum absolute atomic E-state index is 0.225. The van der Waals surface area contributed by atoms with Gasteiger partial charge in [-0.15, -0.1) is 0 Å².